The second kappa shape index (κ2) is 6.07. The lowest BCUT2D eigenvalue weighted by Crippen LogP contribution is -2.30. The van der Waals surface area contributed by atoms with Gasteiger partial charge in [0.2, 0.25) is 0 Å². The van der Waals surface area contributed by atoms with Gasteiger partial charge in [0.05, 0.1) is 34.7 Å². The van der Waals surface area contributed by atoms with E-state index in [0.717, 1.165) is 4.31 Å². The number of para-hydroxylation sites is 1. The number of aromatic nitrogens is 2. The van der Waals surface area contributed by atoms with Crippen molar-refractivity contribution in [3.8, 4) is 11.8 Å². The lowest BCUT2D eigenvalue weighted by atomic mass is 10.2. The van der Waals surface area contributed by atoms with Crippen molar-refractivity contribution in [2.24, 2.45) is 0 Å². The molecule has 0 N–H and O–H groups in total. The number of hydrogen-bond donors (Lipinski definition) is 0. The van der Waals surface area contributed by atoms with Gasteiger partial charge in [0, 0.05) is 0 Å². The summed E-state index contributed by atoms with van der Waals surface area (Å²) in [7, 11) is -3.98. The van der Waals surface area contributed by atoms with E-state index in [9.17, 15) is 18.5 Å². The summed E-state index contributed by atoms with van der Waals surface area (Å²) >= 11 is 0. The van der Waals surface area contributed by atoms with Crippen LogP contribution < -0.4 is 0 Å². The Hall–Kier alpha value is -3.44. The first-order valence-corrected chi connectivity index (χ1v) is 9.59. The Morgan fingerprint density at radius 2 is 1.74 bits per heavy atom. The lowest BCUT2D eigenvalue weighted by molar-refractivity contribution is 0.0863. The number of hydrogen-bond acceptors (Lipinski definition) is 5. The number of nitriles is 1. The minimum Gasteiger partial charge on any atom is -0.268 e. The highest BCUT2D eigenvalue weighted by Gasteiger charge is 2.41. The fraction of sp³-hybridized carbons (Fsp3) is 0.105. The van der Waals surface area contributed by atoms with Crippen LogP contribution in [0.1, 0.15) is 27.3 Å². The molecule has 2 heterocycles. The second-order valence-electron chi connectivity index (χ2n) is 6.08. The summed E-state index contributed by atoms with van der Waals surface area (Å²) in [5.74, 6) is -0.604. The van der Waals surface area contributed by atoms with Crippen LogP contribution in [0.25, 0.3) is 5.69 Å². The van der Waals surface area contributed by atoms with Crippen LogP contribution in [-0.4, -0.2) is 28.4 Å². The molecule has 1 amide bonds. The Labute approximate surface area is 156 Å². The van der Waals surface area contributed by atoms with Gasteiger partial charge in [0.1, 0.15) is 11.0 Å². The molecule has 0 radical (unpaired) electrons. The topological polar surface area (TPSA) is 96.1 Å². The number of amides is 1. The molecule has 4 rings (SSSR count). The molecule has 1 aliphatic heterocycles. The molecule has 0 bridgehead atoms. The monoisotopic (exact) mass is 378 g/mol. The van der Waals surface area contributed by atoms with Gasteiger partial charge < -0.3 is 0 Å². The molecule has 0 unspecified atom stereocenters. The average Bonchev–Trinajstić information content (AvgIpc) is 3.10. The normalized spacial score (nSPS) is 14.8. The van der Waals surface area contributed by atoms with Crippen LogP contribution in [-0.2, 0) is 16.6 Å². The highest BCUT2D eigenvalue weighted by molar-refractivity contribution is 7.90. The van der Waals surface area contributed by atoms with Crippen molar-refractivity contribution in [3.63, 3.8) is 0 Å². The first-order valence-electron chi connectivity index (χ1n) is 8.15. The summed E-state index contributed by atoms with van der Waals surface area (Å²) in [5, 5.41) is 13.9. The minimum atomic E-state index is -3.98. The third-order valence-corrected chi connectivity index (χ3v) is 6.26. The molecule has 1 aliphatic rings. The number of aryl methyl sites for hydroxylation is 1. The van der Waals surface area contributed by atoms with Crippen LogP contribution in [0.15, 0.2) is 59.5 Å². The number of carbonyl (C=O) groups excluding carboxylic acids is 1. The van der Waals surface area contributed by atoms with Gasteiger partial charge in [0.25, 0.3) is 15.9 Å². The summed E-state index contributed by atoms with van der Waals surface area (Å²) in [6.07, 6.45) is 0. The Morgan fingerprint density at radius 1 is 1.07 bits per heavy atom. The van der Waals surface area contributed by atoms with E-state index < -0.39 is 15.9 Å². The van der Waals surface area contributed by atoms with Gasteiger partial charge in [-0.2, -0.15) is 10.4 Å². The molecule has 3 aromatic rings. The highest BCUT2D eigenvalue weighted by atomic mass is 32.2. The van der Waals surface area contributed by atoms with Gasteiger partial charge in [-0.3, -0.25) is 4.79 Å². The smallest absolute Gasteiger partial charge is 0.268 e. The predicted molar refractivity (Wildman–Crippen MR) is 96.5 cm³/mol. The van der Waals surface area contributed by atoms with E-state index in [1.54, 1.807) is 31.2 Å². The van der Waals surface area contributed by atoms with E-state index in [1.165, 1.54) is 16.8 Å². The number of fused-ring (bicyclic) bond motifs is 1. The molecule has 1 aromatic heterocycles. The summed E-state index contributed by atoms with van der Waals surface area (Å²) in [6.45, 7) is 1.41. The van der Waals surface area contributed by atoms with E-state index in [4.69, 9.17) is 0 Å². The van der Waals surface area contributed by atoms with Gasteiger partial charge >= 0.3 is 0 Å². The molecule has 0 atom stereocenters. The highest BCUT2D eigenvalue weighted by Crippen LogP contribution is 2.32. The van der Waals surface area contributed by atoms with Crippen LogP contribution in [0.5, 0.6) is 0 Å². The fourth-order valence-corrected chi connectivity index (χ4v) is 4.70. The standard InChI is InChI=1S/C19H14N4O3S/c1-13-16(11-20)17(23(21-13)14-7-3-2-4-8-14)12-22-19(24)15-9-5-6-10-18(15)27(22,25)26/h2-10H,12H2,1H3. The molecular formula is C19H14N4O3S. The maximum absolute atomic E-state index is 12.8. The van der Waals surface area contributed by atoms with Crippen molar-refractivity contribution in [1.29, 1.82) is 5.26 Å². The van der Waals surface area contributed by atoms with Crippen molar-refractivity contribution < 1.29 is 13.2 Å². The number of rotatable bonds is 3. The molecule has 0 aliphatic carbocycles. The molecule has 27 heavy (non-hydrogen) atoms. The van der Waals surface area contributed by atoms with Crippen LogP contribution in [0.4, 0.5) is 0 Å². The van der Waals surface area contributed by atoms with E-state index in [2.05, 4.69) is 11.2 Å². The molecule has 134 valence electrons. The summed E-state index contributed by atoms with van der Waals surface area (Å²) in [5.41, 5.74) is 1.90. The maximum atomic E-state index is 12.8. The largest absolute Gasteiger partial charge is 0.269 e. The van der Waals surface area contributed by atoms with Crippen molar-refractivity contribution >= 4 is 15.9 Å². The van der Waals surface area contributed by atoms with E-state index in [1.807, 2.05) is 18.2 Å². The Bertz CT molecular complexity index is 1210. The zero-order valence-corrected chi connectivity index (χ0v) is 15.1. The van der Waals surface area contributed by atoms with Crippen LogP contribution in [0.2, 0.25) is 0 Å². The molecule has 7 nitrogen and oxygen atoms in total. The first kappa shape index (κ1) is 17.0. The Balaban J connectivity index is 1.85. The van der Waals surface area contributed by atoms with Gasteiger partial charge in [0.15, 0.2) is 0 Å². The van der Waals surface area contributed by atoms with E-state index >= 15 is 0 Å². The van der Waals surface area contributed by atoms with Crippen molar-refractivity contribution in [2.45, 2.75) is 18.4 Å². The van der Waals surface area contributed by atoms with Crippen molar-refractivity contribution in [2.75, 3.05) is 0 Å². The third-order valence-electron chi connectivity index (χ3n) is 4.47. The minimum absolute atomic E-state index is 0.0176. The SMILES string of the molecule is Cc1nn(-c2ccccc2)c(CN2C(=O)c3ccccc3S2(=O)=O)c1C#N. The molecule has 0 spiro atoms. The maximum Gasteiger partial charge on any atom is 0.269 e. The van der Waals surface area contributed by atoms with Gasteiger partial charge in [-0.1, -0.05) is 30.3 Å². The Morgan fingerprint density at radius 3 is 2.41 bits per heavy atom. The van der Waals surface area contributed by atoms with Crippen molar-refractivity contribution in [3.05, 3.63) is 77.1 Å². The van der Waals surface area contributed by atoms with Gasteiger partial charge in [-0.25, -0.2) is 17.4 Å². The second-order valence-corrected chi connectivity index (χ2v) is 7.91. The number of carbonyl (C=O) groups is 1. The Kier molecular flexibility index (Phi) is 3.82. The van der Waals surface area contributed by atoms with Crippen LogP contribution in [0, 0.1) is 18.3 Å². The lowest BCUT2D eigenvalue weighted by Gasteiger charge is -2.16. The first-order chi connectivity index (χ1) is 12.9. The summed E-state index contributed by atoms with van der Waals surface area (Å²) in [4.78, 5) is 12.7. The van der Waals surface area contributed by atoms with Gasteiger partial charge in [-0.15, -0.1) is 0 Å². The predicted octanol–water partition coefficient (Wildman–Crippen LogP) is 2.40. The number of benzene rings is 2. The summed E-state index contributed by atoms with van der Waals surface area (Å²) < 4.78 is 28.0. The zero-order valence-electron chi connectivity index (χ0n) is 14.3. The molecule has 2 aromatic carbocycles. The molecule has 0 fully saturated rings. The zero-order chi connectivity index (χ0) is 19.2. The molecule has 0 saturated heterocycles. The summed E-state index contributed by atoms with van der Waals surface area (Å²) in [6, 6.07) is 17.2. The van der Waals surface area contributed by atoms with Gasteiger partial charge in [-0.05, 0) is 31.2 Å². The van der Waals surface area contributed by atoms with Crippen LogP contribution >= 0.6 is 0 Å². The average molecular weight is 378 g/mol. The van der Waals surface area contributed by atoms with Crippen molar-refractivity contribution in [1.82, 2.24) is 14.1 Å². The number of sulfonamides is 1. The van der Waals surface area contributed by atoms with E-state index in [0.29, 0.717) is 17.1 Å². The molecular weight excluding hydrogens is 364 g/mol. The molecule has 0 saturated carbocycles. The molecule has 8 heteroatoms. The van der Waals surface area contributed by atoms with Crippen LogP contribution in [0.3, 0.4) is 0 Å². The number of nitrogens with zero attached hydrogens (tertiary/aromatic N) is 4. The quantitative estimate of drug-likeness (QED) is 0.697. The fourth-order valence-electron chi connectivity index (χ4n) is 3.17. The third kappa shape index (κ3) is 2.52. The van der Waals surface area contributed by atoms with E-state index in [-0.39, 0.29) is 22.6 Å².